The van der Waals surface area contributed by atoms with E-state index in [2.05, 4.69) is 6.07 Å². The van der Waals surface area contributed by atoms with Crippen LogP contribution in [0.4, 0.5) is 0 Å². The van der Waals surface area contributed by atoms with Crippen molar-refractivity contribution in [1.82, 2.24) is 0 Å². The number of hydrogen-bond donors (Lipinski definition) is 0. The molecule has 0 fully saturated rings. The maximum absolute atomic E-state index is 7.93. The van der Waals surface area contributed by atoms with Crippen molar-refractivity contribution in [2.75, 3.05) is 0 Å². The number of rotatable bonds is 0. The van der Waals surface area contributed by atoms with Gasteiger partial charge in [-0.3, -0.25) is 0 Å². The van der Waals surface area contributed by atoms with Crippen LogP contribution in [0.25, 0.3) is 0 Å². The molecule has 0 aromatic carbocycles. The molecule has 1 unspecified atom stereocenters. The monoisotopic (exact) mass is 77.0 g/mol. The fraction of sp³-hybridized carbons (Fsp3) is 0.667. The van der Waals surface area contributed by atoms with Crippen LogP contribution in [0, 0.1) is 11.3 Å². The number of hydrogen-bond acceptors (Lipinski definition) is 1. The van der Waals surface area contributed by atoms with E-state index in [4.69, 9.17) is 5.26 Å². The molecule has 5 heavy (non-hydrogen) atoms. The molecule has 0 amide bonds. The molecular formula is C3H4NNa. The molecule has 22 valence electrons. The van der Waals surface area contributed by atoms with Gasteiger partial charge in [0.25, 0.3) is 0 Å². The Labute approximate surface area is 49.4 Å². The summed E-state index contributed by atoms with van der Waals surface area (Å²) in [6, 6.07) is 2.09. The van der Waals surface area contributed by atoms with E-state index >= 15 is 0 Å². The Bertz CT molecular complexity index is 52.4. The van der Waals surface area contributed by atoms with Crippen LogP contribution >= 0.6 is 0 Å². The van der Waals surface area contributed by atoms with Gasteiger partial charge in [0, 0.05) is 0 Å². The Balaban J connectivity index is 2.94. The first-order valence-corrected chi connectivity index (χ1v) is 2.82. The quantitative estimate of drug-likeness (QED) is 0.386. The van der Waals surface area contributed by atoms with E-state index in [9.17, 15) is 0 Å². The maximum atomic E-state index is 7.93. The zero-order chi connectivity index (χ0) is 4.28. The summed E-state index contributed by atoms with van der Waals surface area (Å²) in [4.78, 5) is 0. The SMILES string of the molecule is C[CH]([Na])C#N. The van der Waals surface area contributed by atoms with Crippen molar-refractivity contribution in [3.05, 3.63) is 0 Å². The van der Waals surface area contributed by atoms with Gasteiger partial charge < -0.3 is 0 Å². The number of nitriles is 1. The Morgan fingerprint density at radius 3 is 2.20 bits per heavy atom. The molecule has 0 aliphatic rings. The van der Waals surface area contributed by atoms with E-state index in [0.717, 1.165) is 27.9 Å². The summed E-state index contributed by atoms with van der Waals surface area (Å²) in [5.74, 6) is 0. The zero-order valence-corrected chi connectivity index (χ0v) is 5.52. The third-order valence-corrected chi connectivity index (χ3v) is 0.516. The summed E-state index contributed by atoms with van der Waals surface area (Å²) in [6.45, 7) is 1.92. The molecular weight excluding hydrogens is 73.0 g/mol. The van der Waals surface area contributed by atoms with Crippen LogP contribution < -0.4 is 0 Å². The van der Waals surface area contributed by atoms with E-state index in [1.165, 1.54) is 0 Å². The van der Waals surface area contributed by atoms with Gasteiger partial charge in [0.1, 0.15) is 0 Å². The Hall–Kier alpha value is 0.490. The van der Waals surface area contributed by atoms with Gasteiger partial charge in [0.2, 0.25) is 0 Å². The summed E-state index contributed by atoms with van der Waals surface area (Å²) in [5, 5.41) is 7.93. The first-order valence-electron chi connectivity index (χ1n) is 1.67. The second kappa shape index (κ2) is 2.71. The normalized spacial score (nSPS) is 13.2. The van der Waals surface area contributed by atoms with E-state index in [1.807, 2.05) is 6.92 Å². The fourth-order valence-electron chi connectivity index (χ4n) is 0. The summed E-state index contributed by atoms with van der Waals surface area (Å²) >= 11 is 1.01. The molecule has 2 heteroatoms. The fourth-order valence-corrected chi connectivity index (χ4v) is 0. The predicted molar refractivity (Wildman–Crippen MR) is 20.8 cm³/mol. The molecule has 0 aromatic heterocycles. The molecule has 1 nitrogen and oxygen atoms in total. The minimum atomic E-state index is 0.329. The van der Waals surface area contributed by atoms with E-state index in [0.29, 0.717) is 3.17 Å². The van der Waals surface area contributed by atoms with E-state index < -0.39 is 0 Å². The molecule has 0 heterocycles. The Morgan fingerprint density at radius 2 is 2.20 bits per heavy atom. The van der Waals surface area contributed by atoms with Gasteiger partial charge in [-0.05, 0) is 0 Å². The van der Waals surface area contributed by atoms with Crippen molar-refractivity contribution >= 4 is 27.9 Å². The van der Waals surface area contributed by atoms with Crippen LogP contribution in [0.1, 0.15) is 6.92 Å². The van der Waals surface area contributed by atoms with E-state index in [-0.39, 0.29) is 0 Å². The van der Waals surface area contributed by atoms with Gasteiger partial charge in [-0.2, -0.15) is 0 Å². The summed E-state index contributed by atoms with van der Waals surface area (Å²) in [6.07, 6.45) is 0. The Morgan fingerprint density at radius 1 is 2.00 bits per heavy atom. The standard InChI is InChI=1S/C3H4N.Na/c1-2-3-4;/h2H,1H3;. The molecule has 0 radical (unpaired) electrons. The second-order valence-electron chi connectivity index (χ2n) is 1.28. The van der Waals surface area contributed by atoms with Gasteiger partial charge in [-0.1, -0.05) is 0 Å². The van der Waals surface area contributed by atoms with Crippen molar-refractivity contribution in [1.29, 1.82) is 5.26 Å². The molecule has 0 aromatic rings. The van der Waals surface area contributed by atoms with Crippen LogP contribution in [-0.2, 0) is 0 Å². The average Bonchev–Trinajstić information content (AvgIpc) is 1.38. The van der Waals surface area contributed by atoms with Crippen LogP contribution in [0.3, 0.4) is 0 Å². The van der Waals surface area contributed by atoms with Crippen molar-refractivity contribution < 1.29 is 0 Å². The molecule has 0 bridgehead atoms. The van der Waals surface area contributed by atoms with Crippen LogP contribution in [0.15, 0.2) is 0 Å². The van der Waals surface area contributed by atoms with Gasteiger partial charge in [0.15, 0.2) is 0 Å². The average molecular weight is 77.1 g/mol. The van der Waals surface area contributed by atoms with Gasteiger partial charge >= 0.3 is 49.4 Å². The minimum absolute atomic E-state index is 0.329. The zero-order valence-electron chi connectivity index (χ0n) is 3.52. The third kappa shape index (κ3) is 4.49. The van der Waals surface area contributed by atoms with E-state index in [1.54, 1.807) is 0 Å². The molecule has 0 N–H and O–H groups in total. The first-order chi connectivity index (χ1) is 2.27. The van der Waals surface area contributed by atoms with Crippen molar-refractivity contribution in [2.45, 2.75) is 10.1 Å². The molecule has 0 aliphatic carbocycles. The first kappa shape index (κ1) is 5.49. The molecule has 0 aliphatic heterocycles. The predicted octanol–water partition coefficient (Wildman–Crippen LogP) is 0.487. The number of nitrogens with zero attached hydrogens (tertiary/aromatic N) is 1. The van der Waals surface area contributed by atoms with Crippen molar-refractivity contribution in [3.63, 3.8) is 0 Å². The van der Waals surface area contributed by atoms with Crippen LogP contribution in [0.2, 0.25) is 3.17 Å². The molecule has 0 spiro atoms. The van der Waals surface area contributed by atoms with Crippen molar-refractivity contribution in [3.8, 4) is 6.07 Å². The van der Waals surface area contributed by atoms with Gasteiger partial charge in [-0.25, -0.2) is 0 Å². The summed E-state index contributed by atoms with van der Waals surface area (Å²) in [7, 11) is 0. The summed E-state index contributed by atoms with van der Waals surface area (Å²) < 4.78 is 0.329. The van der Waals surface area contributed by atoms with Gasteiger partial charge in [-0.15, -0.1) is 0 Å². The van der Waals surface area contributed by atoms with Gasteiger partial charge in [0.05, 0.1) is 0 Å². The third-order valence-electron chi connectivity index (χ3n) is 0.258. The topological polar surface area (TPSA) is 23.8 Å². The second-order valence-corrected chi connectivity index (χ2v) is 3.02. The summed E-state index contributed by atoms with van der Waals surface area (Å²) in [5.41, 5.74) is 0. The van der Waals surface area contributed by atoms with Crippen LogP contribution in [-0.4, -0.2) is 27.9 Å². The molecule has 0 rings (SSSR count). The Kier molecular flexibility index (Phi) is 2.98. The molecule has 0 saturated heterocycles. The van der Waals surface area contributed by atoms with Crippen LogP contribution in [0.5, 0.6) is 0 Å². The van der Waals surface area contributed by atoms with Crippen molar-refractivity contribution in [2.24, 2.45) is 0 Å². The molecule has 0 saturated carbocycles. The molecule has 1 atom stereocenters.